The van der Waals surface area contributed by atoms with E-state index in [4.69, 9.17) is 23.2 Å². The average Bonchev–Trinajstić information content (AvgIpc) is 2.72. The molecule has 106 valence electrons. The molecule has 0 radical (unpaired) electrons. The van der Waals surface area contributed by atoms with Crippen molar-refractivity contribution in [3.63, 3.8) is 0 Å². The van der Waals surface area contributed by atoms with Crippen LogP contribution in [-0.2, 0) is 0 Å². The number of fused-ring (bicyclic) bond motifs is 1. The summed E-state index contributed by atoms with van der Waals surface area (Å²) < 4.78 is 0. The summed E-state index contributed by atoms with van der Waals surface area (Å²) in [5.41, 5.74) is 1.32. The van der Waals surface area contributed by atoms with Crippen LogP contribution in [0.3, 0.4) is 0 Å². The van der Waals surface area contributed by atoms with Crippen molar-refractivity contribution in [3.8, 4) is 0 Å². The summed E-state index contributed by atoms with van der Waals surface area (Å²) in [4.78, 5) is 25.5. The van der Waals surface area contributed by atoms with E-state index in [9.17, 15) is 9.59 Å². The van der Waals surface area contributed by atoms with Gasteiger partial charge in [-0.1, -0.05) is 41.4 Å². The molecule has 4 nitrogen and oxygen atoms in total. The summed E-state index contributed by atoms with van der Waals surface area (Å²) >= 11 is 12.1. The first-order valence-corrected chi connectivity index (χ1v) is 6.98. The molecular formula is C15H10Cl2N2O2. The molecule has 0 bridgehead atoms. The second-order valence-corrected chi connectivity index (χ2v) is 5.33. The number of nitrogens with one attached hydrogen (secondary N) is 1. The Kier molecular flexibility index (Phi) is 3.57. The topological polar surface area (TPSA) is 49.4 Å². The Morgan fingerprint density at radius 1 is 0.857 bits per heavy atom. The number of carbonyl (C=O) groups is 2. The van der Waals surface area contributed by atoms with Crippen LogP contribution in [0.5, 0.6) is 0 Å². The van der Waals surface area contributed by atoms with Gasteiger partial charge in [0, 0.05) is 0 Å². The van der Waals surface area contributed by atoms with Gasteiger partial charge in [-0.15, -0.1) is 0 Å². The van der Waals surface area contributed by atoms with Gasteiger partial charge in [0.1, 0.15) is 0 Å². The normalized spacial score (nSPS) is 13.5. The Hall–Kier alpha value is -2.04. The van der Waals surface area contributed by atoms with Gasteiger partial charge in [-0.05, 0) is 24.3 Å². The molecule has 1 aliphatic rings. The number of halogens is 2. The smallest absolute Gasteiger partial charge is 0.263 e. The first-order chi connectivity index (χ1) is 10.1. The van der Waals surface area contributed by atoms with Crippen LogP contribution in [0.2, 0.25) is 10.0 Å². The van der Waals surface area contributed by atoms with Crippen LogP contribution < -0.4 is 5.32 Å². The summed E-state index contributed by atoms with van der Waals surface area (Å²) in [5, 5.41) is 3.80. The maximum atomic E-state index is 12.2. The highest BCUT2D eigenvalue weighted by molar-refractivity contribution is 6.39. The molecule has 1 aliphatic heterocycles. The molecule has 0 saturated heterocycles. The summed E-state index contributed by atoms with van der Waals surface area (Å²) in [6.07, 6.45) is 0. The largest absolute Gasteiger partial charge is 0.365 e. The van der Waals surface area contributed by atoms with Gasteiger partial charge in [0.15, 0.2) is 0 Å². The lowest BCUT2D eigenvalue weighted by Crippen LogP contribution is -2.34. The Balaban J connectivity index is 1.82. The predicted molar refractivity (Wildman–Crippen MR) is 81.9 cm³/mol. The number of imide groups is 1. The number of amides is 2. The summed E-state index contributed by atoms with van der Waals surface area (Å²) in [6.45, 7) is 0.00972. The van der Waals surface area contributed by atoms with Crippen molar-refractivity contribution in [3.05, 3.63) is 63.6 Å². The molecule has 2 amide bonds. The second-order valence-electron chi connectivity index (χ2n) is 4.52. The summed E-state index contributed by atoms with van der Waals surface area (Å²) in [6, 6.07) is 11.8. The van der Waals surface area contributed by atoms with E-state index in [0.29, 0.717) is 26.9 Å². The Bertz CT molecular complexity index is 691. The van der Waals surface area contributed by atoms with Crippen molar-refractivity contribution >= 4 is 40.7 Å². The van der Waals surface area contributed by atoms with Crippen LogP contribution in [0, 0.1) is 0 Å². The van der Waals surface area contributed by atoms with Gasteiger partial charge in [0.05, 0.1) is 33.5 Å². The molecule has 6 heteroatoms. The Morgan fingerprint density at radius 2 is 1.38 bits per heavy atom. The average molecular weight is 321 g/mol. The molecule has 0 aliphatic carbocycles. The van der Waals surface area contributed by atoms with E-state index in [1.54, 1.807) is 42.5 Å². The number of anilines is 1. The number of rotatable bonds is 3. The molecule has 0 atom stereocenters. The van der Waals surface area contributed by atoms with Gasteiger partial charge >= 0.3 is 0 Å². The lowest BCUT2D eigenvalue weighted by atomic mass is 10.1. The van der Waals surface area contributed by atoms with Crippen LogP contribution in [0.25, 0.3) is 0 Å². The van der Waals surface area contributed by atoms with E-state index in [0.717, 1.165) is 4.90 Å². The van der Waals surface area contributed by atoms with Crippen LogP contribution in [0.15, 0.2) is 42.5 Å². The van der Waals surface area contributed by atoms with E-state index in [1.165, 1.54) is 0 Å². The molecule has 21 heavy (non-hydrogen) atoms. The van der Waals surface area contributed by atoms with Crippen LogP contribution in [0.4, 0.5) is 5.69 Å². The highest BCUT2D eigenvalue weighted by Crippen LogP contribution is 2.30. The van der Waals surface area contributed by atoms with E-state index in [-0.39, 0.29) is 18.5 Å². The van der Waals surface area contributed by atoms with E-state index in [1.807, 2.05) is 0 Å². The standard InChI is InChI=1S/C15H10Cl2N2O2/c16-11-6-3-7-12(17)13(11)18-8-19-14(20)9-4-1-2-5-10(9)15(19)21/h1-7,18H,8H2. The van der Waals surface area contributed by atoms with Crippen molar-refractivity contribution in [2.75, 3.05) is 12.0 Å². The number of para-hydroxylation sites is 1. The van der Waals surface area contributed by atoms with Crippen molar-refractivity contribution < 1.29 is 9.59 Å². The van der Waals surface area contributed by atoms with Crippen LogP contribution in [0.1, 0.15) is 20.7 Å². The molecule has 2 aromatic carbocycles. The zero-order chi connectivity index (χ0) is 15.0. The fourth-order valence-electron chi connectivity index (χ4n) is 2.21. The van der Waals surface area contributed by atoms with E-state index in [2.05, 4.69) is 5.32 Å². The third-order valence-corrected chi connectivity index (χ3v) is 3.88. The second kappa shape index (κ2) is 5.39. The zero-order valence-corrected chi connectivity index (χ0v) is 12.3. The Morgan fingerprint density at radius 3 is 1.90 bits per heavy atom. The zero-order valence-electron chi connectivity index (χ0n) is 10.8. The van der Waals surface area contributed by atoms with E-state index < -0.39 is 0 Å². The van der Waals surface area contributed by atoms with Gasteiger partial charge < -0.3 is 5.32 Å². The van der Waals surface area contributed by atoms with Crippen molar-refractivity contribution in [1.29, 1.82) is 0 Å². The monoisotopic (exact) mass is 320 g/mol. The molecule has 2 aromatic rings. The van der Waals surface area contributed by atoms with Crippen LogP contribution in [-0.4, -0.2) is 23.4 Å². The minimum atomic E-state index is -0.328. The number of nitrogens with zero attached hydrogens (tertiary/aromatic N) is 1. The quantitative estimate of drug-likeness (QED) is 0.878. The van der Waals surface area contributed by atoms with Gasteiger partial charge in [0.25, 0.3) is 11.8 Å². The number of carbonyl (C=O) groups excluding carboxylic acids is 2. The number of hydrogen-bond acceptors (Lipinski definition) is 3. The number of benzene rings is 2. The predicted octanol–water partition coefficient (Wildman–Crippen LogP) is 3.66. The van der Waals surface area contributed by atoms with Crippen LogP contribution >= 0.6 is 23.2 Å². The van der Waals surface area contributed by atoms with Gasteiger partial charge in [-0.25, -0.2) is 0 Å². The minimum absolute atomic E-state index is 0.00972. The van der Waals surface area contributed by atoms with Crippen molar-refractivity contribution in [2.45, 2.75) is 0 Å². The molecule has 0 spiro atoms. The maximum absolute atomic E-state index is 12.2. The van der Waals surface area contributed by atoms with E-state index >= 15 is 0 Å². The third kappa shape index (κ3) is 2.37. The molecule has 0 fully saturated rings. The first kappa shape index (κ1) is 13.9. The summed E-state index contributed by atoms with van der Waals surface area (Å²) in [7, 11) is 0. The van der Waals surface area contributed by atoms with Gasteiger partial charge in [-0.2, -0.15) is 0 Å². The first-order valence-electron chi connectivity index (χ1n) is 6.22. The SMILES string of the molecule is O=C1c2ccccc2C(=O)N1CNc1c(Cl)cccc1Cl. The molecule has 0 saturated carbocycles. The highest BCUT2D eigenvalue weighted by atomic mass is 35.5. The fourth-order valence-corrected chi connectivity index (χ4v) is 2.74. The lowest BCUT2D eigenvalue weighted by molar-refractivity contribution is 0.0666. The fraction of sp³-hybridized carbons (Fsp3) is 0.0667. The molecule has 1 heterocycles. The molecule has 1 N–H and O–H groups in total. The highest BCUT2D eigenvalue weighted by Gasteiger charge is 2.34. The molecule has 3 rings (SSSR count). The van der Waals surface area contributed by atoms with Crippen molar-refractivity contribution in [1.82, 2.24) is 4.90 Å². The molecular weight excluding hydrogens is 311 g/mol. The maximum Gasteiger partial charge on any atom is 0.263 e. The van der Waals surface area contributed by atoms with Crippen molar-refractivity contribution in [2.24, 2.45) is 0 Å². The molecule has 0 aromatic heterocycles. The Labute approximate surface area is 131 Å². The summed E-state index contributed by atoms with van der Waals surface area (Å²) in [5.74, 6) is -0.655. The van der Waals surface area contributed by atoms with Gasteiger partial charge in [0.2, 0.25) is 0 Å². The van der Waals surface area contributed by atoms with Gasteiger partial charge in [-0.3, -0.25) is 14.5 Å². The number of hydrogen-bond donors (Lipinski definition) is 1. The lowest BCUT2D eigenvalue weighted by Gasteiger charge is -2.17. The third-order valence-electron chi connectivity index (χ3n) is 3.25. The molecule has 0 unspecified atom stereocenters. The minimum Gasteiger partial charge on any atom is -0.365 e.